The maximum Gasteiger partial charge on any atom is 0.339 e. The van der Waals surface area contributed by atoms with Gasteiger partial charge in [-0.15, -0.1) is 0 Å². The third-order valence-electron chi connectivity index (χ3n) is 3.36. The molecule has 0 fully saturated rings. The maximum absolute atomic E-state index is 11.3. The quantitative estimate of drug-likeness (QED) is 0.740. The van der Waals surface area contributed by atoms with E-state index in [1.807, 2.05) is 35.9 Å². The van der Waals surface area contributed by atoms with Gasteiger partial charge in [0.25, 0.3) is 0 Å². The van der Waals surface area contributed by atoms with E-state index in [2.05, 4.69) is 4.98 Å². The van der Waals surface area contributed by atoms with Crippen molar-refractivity contribution in [3.63, 3.8) is 0 Å². The molecular weight excluding hydrogens is 264 g/mol. The molecule has 1 N–H and O–H groups in total. The number of halogens is 1. The molecule has 5 heteroatoms. The van der Waals surface area contributed by atoms with Gasteiger partial charge in [0.2, 0.25) is 0 Å². The van der Waals surface area contributed by atoms with Crippen LogP contribution in [0.1, 0.15) is 16.1 Å². The van der Waals surface area contributed by atoms with Crippen molar-refractivity contribution in [1.82, 2.24) is 9.55 Å². The molecule has 19 heavy (non-hydrogen) atoms. The third-order valence-corrected chi connectivity index (χ3v) is 3.74. The molecule has 0 saturated heterocycles. The summed E-state index contributed by atoms with van der Waals surface area (Å²) in [4.78, 5) is 15.7. The van der Waals surface area contributed by atoms with Crippen LogP contribution in [0.25, 0.3) is 21.9 Å². The van der Waals surface area contributed by atoms with Crippen molar-refractivity contribution >= 4 is 39.5 Å². The summed E-state index contributed by atoms with van der Waals surface area (Å²) in [5.74, 6) is -1.05. The van der Waals surface area contributed by atoms with Gasteiger partial charge in [-0.3, -0.25) is 0 Å². The number of pyridine rings is 1. The highest BCUT2D eigenvalue weighted by Crippen LogP contribution is 2.35. The van der Waals surface area contributed by atoms with Crippen LogP contribution in [0, 0.1) is 6.92 Å². The van der Waals surface area contributed by atoms with E-state index in [4.69, 9.17) is 11.6 Å². The summed E-state index contributed by atoms with van der Waals surface area (Å²) < 4.78 is 1.93. The van der Waals surface area contributed by atoms with Crippen molar-refractivity contribution in [3.05, 3.63) is 40.5 Å². The molecule has 0 aliphatic carbocycles. The molecular formula is C14H11ClN2O2. The lowest BCUT2D eigenvalue weighted by atomic mass is 10.1. The van der Waals surface area contributed by atoms with Crippen LogP contribution < -0.4 is 0 Å². The predicted molar refractivity (Wildman–Crippen MR) is 74.9 cm³/mol. The van der Waals surface area contributed by atoms with E-state index in [-0.39, 0.29) is 10.6 Å². The molecule has 3 rings (SSSR count). The van der Waals surface area contributed by atoms with Gasteiger partial charge in [0.1, 0.15) is 11.2 Å². The molecule has 0 unspecified atom stereocenters. The van der Waals surface area contributed by atoms with Gasteiger partial charge in [0, 0.05) is 17.8 Å². The highest BCUT2D eigenvalue weighted by molar-refractivity contribution is 6.40. The van der Waals surface area contributed by atoms with Gasteiger partial charge in [-0.2, -0.15) is 0 Å². The normalized spacial score (nSPS) is 11.3. The van der Waals surface area contributed by atoms with Gasteiger partial charge in [0.05, 0.1) is 16.2 Å². The van der Waals surface area contributed by atoms with E-state index in [0.717, 1.165) is 10.9 Å². The summed E-state index contributed by atoms with van der Waals surface area (Å²) in [6.07, 6.45) is 0. The number of carbonyl (C=O) groups is 1. The summed E-state index contributed by atoms with van der Waals surface area (Å²) in [7, 11) is 1.90. The first kappa shape index (κ1) is 12.0. The highest BCUT2D eigenvalue weighted by Gasteiger charge is 2.21. The Kier molecular flexibility index (Phi) is 2.50. The number of carboxylic acid groups (broad SMARTS) is 1. The fourth-order valence-electron chi connectivity index (χ4n) is 2.47. The topological polar surface area (TPSA) is 55.1 Å². The van der Waals surface area contributed by atoms with E-state index in [1.54, 1.807) is 6.92 Å². The fraction of sp³-hybridized carbons (Fsp3) is 0.143. The number of nitrogens with zero attached hydrogens (tertiary/aromatic N) is 2. The van der Waals surface area contributed by atoms with Crippen LogP contribution in [-0.2, 0) is 7.05 Å². The molecule has 0 saturated carbocycles. The monoisotopic (exact) mass is 274 g/mol. The molecule has 0 amide bonds. The minimum Gasteiger partial charge on any atom is -0.478 e. The largest absolute Gasteiger partial charge is 0.478 e. The SMILES string of the molecule is Cc1nc2c(c(Cl)c1C(=O)O)c1ccccc1n2C. The van der Waals surface area contributed by atoms with Crippen LogP contribution in [0.5, 0.6) is 0 Å². The molecule has 0 atom stereocenters. The Morgan fingerprint density at radius 3 is 2.74 bits per heavy atom. The molecule has 4 nitrogen and oxygen atoms in total. The number of aromatic carboxylic acids is 1. The fourth-order valence-corrected chi connectivity index (χ4v) is 2.88. The number of para-hydroxylation sites is 1. The summed E-state index contributed by atoms with van der Waals surface area (Å²) in [6.45, 7) is 1.66. The van der Waals surface area contributed by atoms with E-state index in [1.165, 1.54) is 0 Å². The van der Waals surface area contributed by atoms with Crippen molar-refractivity contribution in [2.75, 3.05) is 0 Å². The molecule has 2 aromatic heterocycles. The van der Waals surface area contributed by atoms with E-state index < -0.39 is 5.97 Å². The van der Waals surface area contributed by atoms with E-state index >= 15 is 0 Å². The zero-order chi connectivity index (χ0) is 13.7. The van der Waals surface area contributed by atoms with Crippen molar-refractivity contribution in [2.24, 2.45) is 7.05 Å². The molecule has 0 aliphatic heterocycles. The number of hydrogen-bond acceptors (Lipinski definition) is 2. The average molecular weight is 275 g/mol. The van der Waals surface area contributed by atoms with Crippen molar-refractivity contribution in [2.45, 2.75) is 6.92 Å². The van der Waals surface area contributed by atoms with E-state index in [0.29, 0.717) is 16.7 Å². The number of aryl methyl sites for hydroxylation is 2. The number of hydrogen-bond donors (Lipinski definition) is 1. The smallest absolute Gasteiger partial charge is 0.339 e. The standard InChI is InChI=1S/C14H11ClN2O2/c1-7-10(14(18)19)12(15)11-8-5-3-4-6-9(8)17(2)13(11)16-7/h3-6H,1-2H3,(H,18,19). The first-order chi connectivity index (χ1) is 9.02. The van der Waals surface area contributed by atoms with Gasteiger partial charge < -0.3 is 9.67 Å². The summed E-state index contributed by atoms with van der Waals surface area (Å²) in [6, 6.07) is 7.72. The summed E-state index contributed by atoms with van der Waals surface area (Å²) >= 11 is 6.30. The molecule has 0 bridgehead atoms. The van der Waals surface area contributed by atoms with Gasteiger partial charge >= 0.3 is 5.97 Å². The lowest BCUT2D eigenvalue weighted by Crippen LogP contribution is -2.04. The van der Waals surface area contributed by atoms with E-state index in [9.17, 15) is 9.90 Å². The Bertz CT molecular complexity index is 836. The molecule has 3 aromatic rings. The minimum atomic E-state index is -1.05. The molecule has 0 aliphatic rings. The van der Waals surface area contributed by atoms with Crippen molar-refractivity contribution in [1.29, 1.82) is 0 Å². The third kappa shape index (κ3) is 1.53. The molecule has 0 radical (unpaired) electrons. The Morgan fingerprint density at radius 2 is 2.05 bits per heavy atom. The van der Waals surface area contributed by atoms with Crippen LogP contribution >= 0.6 is 11.6 Å². The predicted octanol–water partition coefficient (Wildman–Crippen LogP) is 3.39. The number of aromatic nitrogens is 2. The zero-order valence-electron chi connectivity index (χ0n) is 10.4. The Labute approximate surface area is 114 Å². The Balaban J connectivity index is 2.62. The Morgan fingerprint density at radius 1 is 1.37 bits per heavy atom. The number of fused-ring (bicyclic) bond motifs is 3. The van der Waals surface area contributed by atoms with Crippen LogP contribution in [-0.4, -0.2) is 20.6 Å². The van der Waals surface area contributed by atoms with Crippen molar-refractivity contribution < 1.29 is 9.90 Å². The first-order valence-electron chi connectivity index (χ1n) is 5.79. The molecule has 0 spiro atoms. The van der Waals surface area contributed by atoms with Gasteiger partial charge in [-0.05, 0) is 13.0 Å². The van der Waals surface area contributed by atoms with Crippen LogP contribution in [0.2, 0.25) is 5.02 Å². The lowest BCUT2D eigenvalue weighted by molar-refractivity contribution is 0.0696. The summed E-state index contributed by atoms with van der Waals surface area (Å²) in [5, 5.41) is 11.1. The lowest BCUT2D eigenvalue weighted by Gasteiger charge is -2.05. The van der Waals surface area contributed by atoms with Crippen molar-refractivity contribution in [3.8, 4) is 0 Å². The molecule has 2 heterocycles. The minimum absolute atomic E-state index is 0.0746. The highest BCUT2D eigenvalue weighted by atomic mass is 35.5. The maximum atomic E-state index is 11.3. The number of rotatable bonds is 1. The van der Waals surface area contributed by atoms with Crippen LogP contribution in [0.15, 0.2) is 24.3 Å². The Hall–Kier alpha value is -2.07. The zero-order valence-corrected chi connectivity index (χ0v) is 11.2. The molecule has 96 valence electrons. The summed E-state index contributed by atoms with van der Waals surface area (Å²) in [5.41, 5.74) is 2.18. The van der Waals surface area contributed by atoms with Crippen LogP contribution in [0.4, 0.5) is 0 Å². The van der Waals surface area contributed by atoms with Gasteiger partial charge in [-0.25, -0.2) is 9.78 Å². The second kappa shape index (κ2) is 3.96. The van der Waals surface area contributed by atoms with Gasteiger partial charge in [-0.1, -0.05) is 29.8 Å². The van der Waals surface area contributed by atoms with Gasteiger partial charge in [0.15, 0.2) is 0 Å². The molecule has 1 aromatic carbocycles. The average Bonchev–Trinajstić information content (AvgIpc) is 2.63. The number of carboxylic acids is 1. The second-order valence-electron chi connectivity index (χ2n) is 4.47. The first-order valence-corrected chi connectivity index (χ1v) is 6.16. The van der Waals surface area contributed by atoms with Crippen LogP contribution in [0.3, 0.4) is 0 Å². The number of benzene rings is 1. The second-order valence-corrected chi connectivity index (χ2v) is 4.84.